The van der Waals surface area contributed by atoms with Gasteiger partial charge in [0.25, 0.3) is 5.91 Å². The fourth-order valence-electron chi connectivity index (χ4n) is 4.10. The second kappa shape index (κ2) is 8.75. The average molecular weight is 394 g/mol. The molecule has 150 valence electrons. The Bertz CT molecular complexity index is 660. The number of carbonyl (C=O) groups is 2. The molecule has 1 aliphatic carbocycles. The van der Waals surface area contributed by atoms with Gasteiger partial charge in [0.2, 0.25) is 5.91 Å². The van der Waals surface area contributed by atoms with Crippen LogP contribution in [0.4, 0.5) is 0 Å². The Morgan fingerprint density at radius 1 is 1.26 bits per heavy atom. The van der Waals surface area contributed by atoms with Crippen molar-refractivity contribution in [3.8, 4) is 0 Å². The highest BCUT2D eigenvalue weighted by molar-refractivity contribution is 8.19. The first-order chi connectivity index (χ1) is 12.9. The van der Waals surface area contributed by atoms with Crippen LogP contribution >= 0.6 is 11.8 Å². The van der Waals surface area contributed by atoms with E-state index in [0.717, 1.165) is 32.4 Å². The Balaban J connectivity index is 1.63. The van der Waals surface area contributed by atoms with Crippen LogP contribution in [-0.2, 0) is 9.59 Å². The van der Waals surface area contributed by atoms with E-state index in [1.165, 1.54) is 22.2 Å². The van der Waals surface area contributed by atoms with Crippen molar-refractivity contribution in [2.45, 2.75) is 37.8 Å². The van der Waals surface area contributed by atoms with Gasteiger partial charge in [0, 0.05) is 50.1 Å². The molecule has 0 spiro atoms. The molecule has 8 heteroatoms. The van der Waals surface area contributed by atoms with Gasteiger partial charge in [-0.2, -0.15) is 0 Å². The van der Waals surface area contributed by atoms with Crippen molar-refractivity contribution in [2.24, 2.45) is 10.9 Å². The fourth-order valence-corrected chi connectivity index (χ4v) is 5.21. The van der Waals surface area contributed by atoms with Crippen LogP contribution in [0.1, 0.15) is 25.7 Å². The minimum absolute atomic E-state index is 0.0304. The van der Waals surface area contributed by atoms with E-state index in [2.05, 4.69) is 27.6 Å². The molecular formula is C19H31N5O2S. The molecule has 0 aromatic heterocycles. The SMILES string of the molecule is CNC1CCC(C(=O)N(C)C)C[C@H]1NC(=O)C1=NCC2=C(CN(C)CC2)S1. The molecule has 0 aromatic rings. The van der Waals surface area contributed by atoms with Gasteiger partial charge in [-0.15, -0.1) is 0 Å². The van der Waals surface area contributed by atoms with Gasteiger partial charge < -0.3 is 20.4 Å². The lowest BCUT2D eigenvalue weighted by molar-refractivity contribution is -0.134. The number of aliphatic imine (C=N–C) groups is 1. The van der Waals surface area contributed by atoms with Gasteiger partial charge in [-0.1, -0.05) is 11.8 Å². The number of hydrogen-bond donors (Lipinski definition) is 2. The molecule has 0 bridgehead atoms. The number of carbonyl (C=O) groups excluding carboxylic acids is 2. The molecule has 2 amide bonds. The highest BCUT2D eigenvalue weighted by atomic mass is 32.2. The van der Waals surface area contributed by atoms with Crippen molar-refractivity contribution in [3.63, 3.8) is 0 Å². The standard InChI is InChI=1S/C19H31N5O2S/c1-20-14-6-5-12(19(26)23(2)3)9-15(14)22-17(25)18-21-10-13-7-8-24(4)11-16(13)27-18/h12,14-15,20H,5-11H2,1-4H3,(H,22,25)/t12?,14?,15-/m1/s1. The molecule has 3 atom stereocenters. The molecular weight excluding hydrogens is 362 g/mol. The lowest BCUT2D eigenvalue weighted by Crippen LogP contribution is -2.55. The summed E-state index contributed by atoms with van der Waals surface area (Å²) in [5.41, 5.74) is 1.37. The van der Waals surface area contributed by atoms with Gasteiger partial charge in [0.05, 0.1) is 6.54 Å². The third-order valence-electron chi connectivity index (χ3n) is 5.76. The third kappa shape index (κ3) is 4.73. The van der Waals surface area contributed by atoms with E-state index in [1.807, 2.05) is 7.05 Å². The first-order valence-corrected chi connectivity index (χ1v) is 10.5. The van der Waals surface area contributed by atoms with Crippen LogP contribution in [0.3, 0.4) is 0 Å². The summed E-state index contributed by atoms with van der Waals surface area (Å²) in [5, 5.41) is 7.02. The van der Waals surface area contributed by atoms with E-state index in [9.17, 15) is 9.59 Å². The van der Waals surface area contributed by atoms with E-state index in [-0.39, 0.29) is 29.8 Å². The summed E-state index contributed by atoms with van der Waals surface area (Å²) in [4.78, 5) is 35.0. The molecule has 3 aliphatic rings. The second-order valence-electron chi connectivity index (χ2n) is 7.96. The molecule has 0 radical (unpaired) electrons. The summed E-state index contributed by atoms with van der Waals surface area (Å²) in [6, 6.07) is 0.128. The van der Waals surface area contributed by atoms with Crippen molar-refractivity contribution < 1.29 is 9.59 Å². The maximum Gasteiger partial charge on any atom is 0.276 e. The molecule has 27 heavy (non-hydrogen) atoms. The lowest BCUT2D eigenvalue weighted by atomic mass is 9.81. The largest absolute Gasteiger partial charge is 0.349 e. The van der Waals surface area contributed by atoms with E-state index in [1.54, 1.807) is 19.0 Å². The van der Waals surface area contributed by atoms with E-state index >= 15 is 0 Å². The molecule has 2 aliphatic heterocycles. The van der Waals surface area contributed by atoms with Crippen LogP contribution in [0, 0.1) is 5.92 Å². The number of likely N-dealkylation sites (N-methyl/N-ethyl adjacent to an activating group) is 2. The minimum Gasteiger partial charge on any atom is -0.349 e. The number of nitrogens with one attached hydrogen (secondary N) is 2. The zero-order valence-electron chi connectivity index (χ0n) is 16.7. The van der Waals surface area contributed by atoms with Crippen LogP contribution in [0.5, 0.6) is 0 Å². The summed E-state index contributed by atoms with van der Waals surface area (Å²) in [6.07, 6.45) is 3.44. The van der Waals surface area contributed by atoms with Gasteiger partial charge in [-0.3, -0.25) is 14.6 Å². The number of hydrogen-bond acceptors (Lipinski definition) is 6. The lowest BCUT2D eigenvalue weighted by Gasteiger charge is -2.37. The molecule has 0 aromatic carbocycles. The van der Waals surface area contributed by atoms with Crippen molar-refractivity contribution in [1.82, 2.24) is 20.4 Å². The predicted molar refractivity (Wildman–Crippen MR) is 110 cm³/mol. The molecule has 2 unspecified atom stereocenters. The molecule has 2 N–H and O–H groups in total. The summed E-state index contributed by atoms with van der Waals surface area (Å²) >= 11 is 1.52. The van der Waals surface area contributed by atoms with Crippen LogP contribution < -0.4 is 10.6 Å². The number of amides is 2. The molecule has 1 saturated carbocycles. The maximum absolute atomic E-state index is 12.9. The van der Waals surface area contributed by atoms with Crippen molar-refractivity contribution >= 4 is 28.6 Å². The Hall–Kier alpha value is -1.38. The average Bonchev–Trinajstić information content (AvgIpc) is 2.66. The highest BCUT2D eigenvalue weighted by Crippen LogP contribution is 2.32. The van der Waals surface area contributed by atoms with Crippen LogP contribution in [0.2, 0.25) is 0 Å². The Labute approximate surface area is 166 Å². The topological polar surface area (TPSA) is 77.0 Å². The summed E-state index contributed by atoms with van der Waals surface area (Å²) < 4.78 is 0. The smallest absolute Gasteiger partial charge is 0.276 e. The Kier molecular flexibility index (Phi) is 6.60. The Morgan fingerprint density at radius 2 is 2.04 bits per heavy atom. The summed E-state index contributed by atoms with van der Waals surface area (Å²) in [6.45, 7) is 2.60. The monoisotopic (exact) mass is 393 g/mol. The predicted octanol–water partition coefficient (Wildman–Crippen LogP) is 0.682. The van der Waals surface area contributed by atoms with Crippen LogP contribution in [-0.4, -0.2) is 86.6 Å². The van der Waals surface area contributed by atoms with Gasteiger partial charge in [-0.25, -0.2) is 0 Å². The zero-order chi connectivity index (χ0) is 19.6. The summed E-state index contributed by atoms with van der Waals surface area (Å²) in [7, 11) is 7.61. The number of nitrogens with zero attached hydrogens (tertiary/aromatic N) is 3. The fraction of sp³-hybridized carbons (Fsp3) is 0.737. The molecule has 0 saturated heterocycles. The normalized spacial score (nSPS) is 29.0. The van der Waals surface area contributed by atoms with Gasteiger partial charge in [0.15, 0.2) is 5.04 Å². The highest BCUT2D eigenvalue weighted by Gasteiger charge is 2.36. The number of thioether (sulfide) groups is 1. The first kappa shape index (κ1) is 20.4. The third-order valence-corrected chi connectivity index (χ3v) is 6.93. The van der Waals surface area contributed by atoms with Crippen molar-refractivity contribution in [3.05, 3.63) is 10.5 Å². The maximum atomic E-state index is 12.9. The van der Waals surface area contributed by atoms with Crippen molar-refractivity contribution in [1.29, 1.82) is 0 Å². The van der Waals surface area contributed by atoms with Gasteiger partial charge >= 0.3 is 0 Å². The van der Waals surface area contributed by atoms with E-state index < -0.39 is 0 Å². The van der Waals surface area contributed by atoms with Crippen LogP contribution in [0.15, 0.2) is 15.5 Å². The molecule has 3 rings (SSSR count). The summed E-state index contributed by atoms with van der Waals surface area (Å²) in [5.74, 6) is 0.00774. The minimum atomic E-state index is -0.108. The first-order valence-electron chi connectivity index (χ1n) is 9.70. The van der Waals surface area contributed by atoms with Gasteiger partial charge in [-0.05, 0) is 45.4 Å². The van der Waals surface area contributed by atoms with E-state index in [4.69, 9.17) is 0 Å². The number of rotatable bonds is 4. The van der Waals surface area contributed by atoms with Crippen molar-refractivity contribution in [2.75, 3.05) is 47.8 Å². The van der Waals surface area contributed by atoms with Crippen LogP contribution in [0.25, 0.3) is 0 Å². The second-order valence-corrected chi connectivity index (χ2v) is 9.04. The molecule has 1 fully saturated rings. The van der Waals surface area contributed by atoms with Gasteiger partial charge in [0.1, 0.15) is 0 Å². The zero-order valence-corrected chi connectivity index (χ0v) is 17.6. The molecule has 7 nitrogen and oxygen atoms in total. The Morgan fingerprint density at radius 3 is 2.74 bits per heavy atom. The van der Waals surface area contributed by atoms with E-state index in [0.29, 0.717) is 18.0 Å². The molecule has 2 heterocycles. The quantitative estimate of drug-likeness (QED) is 0.735.